The maximum atomic E-state index is 5.62. The quantitative estimate of drug-likeness (QED) is 0.856. The van der Waals surface area contributed by atoms with Crippen LogP contribution in [-0.4, -0.2) is 31.2 Å². The lowest BCUT2D eigenvalue weighted by Gasteiger charge is -2.27. The lowest BCUT2D eigenvalue weighted by molar-refractivity contribution is 0.242. The van der Waals surface area contributed by atoms with E-state index in [0.29, 0.717) is 5.95 Å². The molecule has 0 amide bonds. The molecule has 0 aromatic carbocycles. The molecule has 19 heavy (non-hydrogen) atoms. The lowest BCUT2D eigenvalue weighted by Crippen LogP contribution is -2.31. The predicted octanol–water partition coefficient (Wildman–Crippen LogP) is 0.659. The molecule has 0 unspecified atom stereocenters. The number of rotatable bonds is 2. The van der Waals surface area contributed by atoms with Crippen LogP contribution in [0.2, 0.25) is 0 Å². The van der Waals surface area contributed by atoms with Crippen molar-refractivity contribution in [1.29, 1.82) is 0 Å². The highest BCUT2D eigenvalue weighted by Gasteiger charge is 2.19. The minimum Gasteiger partial charge on any atom is -0.368 e. The van der Waals surface area contributed by atoms with Gasteiger partial charge in [-0.2, -0.15) is 5.10 Å². The van der Waals surface area contributed by atoms with Gasteiger partial charge in [0.1, 0.15) is 0 Å². The Balaban J connectivity index is 1.75. The second kappa shape index (κ2) is 4.62. The molecule has 0 aliphatic carbocycles. The Morgan fingerprint density at radius 3 is 3.00 bits per heavy atom. The summed E-state index contributed by atoms with van der Waals surface area (Å²) in [5.41, 5.74) is 10.3. The van der Waals surface area contributed by atoms with Crippen molar-refractivity contribution >= 4 is 5.95 Å². The van der Waals surface area contributed by atoms with E-state index in [-0.39, 0.29) is 0 Å². The molecule has 1 aliphatic rings. The summed E-state index contributed by atoms with van der Waals surface area (Å²) < 4.78 is 1.87. The average molecular weight is 258 g/mol. The Bertz CT molecular complexity index is 603. The van der Waals surface area contributed by atoms with Gasteiger partial charge >= 0.3 is 0 Å². The van der Waals surface area contributed by atoms with E-state index >= 15 is 0 Å². The monoisotopic (exact) mass is 258 g/mol. The van der Waals surface area contributed by atoms with Crippen molar-refractivity contribution in [3.05, 3.63) is 34.9 Å². The van der Waals surface area contributed by atoms with Crippen LogP contribution in [0.25, 0.3) is 0 Å². The Morgan fingerprint density at radius 1 is 1.42 bits per heavy atom. The Labute approximate surface area is 112 Å². The fourth-order valence-corrected chi connectivity index (χ4v) is 2.57. The van der Waals surface area contributed by atoms with Gasteiger partial charge in [-0.3, -0.25) is 9.58 Å². The highest BCUT2D eigenvalue weighted by Crippen LogP contribution is 2.19. The summed E-state index contributed by atoms with van der Waals surface area (Å²) in [7, 11) is 1.96. The number of nitrogens with two attached hydrogens (primary N) is 1. The van der Waals surface area contributed by atoms with Crippen molar-refractivity contribution in [3.8, 4) is 0 Å². The Morgan fingerprint density at radius 2 is 2.26 bits per heavy atom. The molecule has 3 rings (SSSR count). The van der Waals surface area contributed by atoms with E-state index in [1.54, 1.807) is 0 Å². The van der Waals surface area contributed by atoms with Crippen LogP contribution in [0.4, 0.5) is 5.95 Å². The second-order valence-corrected chi connectivity index (χ2v) is 5.07. The molecule has 0 fully saturated rings. The number of hydrogen-bond acceptors (Lipinski definition) is 5. The highest BCUT2D eigenvalue weighted by atomic mass is 15.3. The topological polar surface area (TPSA) is 72.9 Å². The van der Waals surface area contributed by atoms with E-state index in [2.05, 4.69) is 33.1 Å². The summed E-state index contributed by atoms with van der Waals surface area (Å²) in [6.07, 6.45) is 4.87. The normalized spacial score (nSPS) is 15.5. The zero-order valence-electron chi connectivity index (χ0n) is 11.3. The minimum atomic E-state index is 0.371. The van der Waals surface area contributed by atoms with Crippen LogP contribution in [0.1, 0.15) is 22.5 Å². The zero-order valence-corrected chi connectivity index (χ0v) is 11.3. The van der Waals surface area contributed by atoms with Crippen LogP contribution in [-0.2, 0) is 26.6 Å². The zero-order chi connectivity index (χ0) is 13.4. The molecule has 0 bridgehead atoms. The molecule has 2 aromatic heterocycles. The largest absolute Gasteiger partial charge is 0.368 e. The smallest absolute Gasteiger partial charge is 0.220 e. The van der Waals surface area contributed by atoms with Crippen molar-refractivity contribution in [3.63, 3.8) is 0 Å². The first-order valence-electron chi connectivity index (χ1n) is 6.43. The molecular formula is C13H18N6. The summed E-state index contributed by atoms with van der Waals surface area (Å²) in [6, 6.07) is 0. The molecule has 2 N–H and O–H groups in total. The van der Waals surface area contributed by atoms with Gasteiger partial charge in [-0.15, -0.1) is 0 Å². The van der Waals surface area contributed by atoms with Gasteiger partial charge in [0.15, 0.2) is 0 Å². The average Bonchev–Trinajstić information content (AvgIpc) is 2.68. The van der Waals surface area contributed by atoms with E-state index in [9.17, 15) is 0 Å². The van der Waals surface area contributed by atoms with Crippen molar-refractivity contribution in [1.82, 2.24) is 24.6 Å². The van der Waals surface area contributed by atoms with Gasteiger partial charge in [0.25, 0.3) is 0 Å². The number of anilines is 1. The summed E-state index contributed by atoms with van der Waals surface area (Å²) in [4.78, 5) is 10.8. The van der Waals surface area contributed by atoms with Gasteiger partial charge in [-0.05, 0) is 6.92 Å². The molecule has 0 atom stereocenters. The summed E-state index contributed by atoms with van der Waals surface area (Å²) in [5.74, 6) is 0.371. The van der Waals surface area contributed by atoms with E-state index in [1.165, 1.54) is 11.1 Å². The number of aromatic nitrogens is 4. The molecule has 2 aromatic rings. The SMILES string of the molecule is Cc1nn(C)cc1CN1CCc2nc(N)ncc2C1. The standard InChI is InChI=1S/C13H18N6/c1-9-11(6-18(2)17-9)8-19-4-3-12-10(7-19)5-15-13(14)16-12/h5-6H,3-4,7-8H2,1-2H3,(H2,14,15,16). The third kappa shape index (κ3) is 2.44. The molecule has 0 radical (unpaired) electrons. The molecule has 1 aliphatic heterocycles. The summed E-state index contributed by atoms with van der Waals surface area (Å²) in [6.45, 7) is 4.85. The van der Waals surface area contributed by atoms with Crippen LogP contribution in [0.5, 0.6) is 0 Å². The van der Waals surface area contributed by atoms with E-state index in [0.717, 1.165) is 37.4 Å². The molecule has 0 saturated heterocycles. The van der Waals surface area contributed by atoms with Gasteiger partial charge in [-0.25, -0.2) is 9.97 Å². The molecule has 6 heteroatoms. The maximum Gasteiger partial charge on any atom is 0.220 e. The maximum absolute atomic E-state index is 5.62. The highest BCUT2D eigenvalue weighted by molar-refractivity contribution is 5.27. The van der Waals surface area contributed by atoms with Crippen LogP contribution >= 0.6 is 0 Å². The molecule has 100 valence electrons. The van der Waals surface area contributed by atoms with Gasteiger partial charge < -0.3 is 5.73 Å². The second-order valence-electron chi connectivity index (χ2n) is 5.07. The van der Waals surface area contributed by atoms with Crippen molar-refractivity contribution in [2.75, 3.05) is 12.3 Å². The minimum absolute atomic E-state index is 0.371. The summed E-state index contributed by atoms with van der Waals surface area (Å²) >= 11 is 0. The van der Waals surface area contributed by atoms with Crippen molar-refractivity contribution in [2.24, 2.45) is 7.05 Å². The fourth-order valence-electron chi connectivity index (χ4n) is 2.57. The van der Waals surface area contributed by atoms with Gasteiger partial charge in [0.05, 0.1) is 11.4 Å². The number of nitrogens with zero attached hydrogens (tertiary/aromatic N) is 5. The molecule has 0 spiro atoms. The third-order valence-corrected chi connectivity index (χ3v) is 3.54. The number of hydrogen-bond donors (Lipinski definition) is 1. The first-order chi connectivity index (χ1) is 9.11. The molecule has 6 nitrogen and oxygen atoms in total. The van der Waals surface area contributed by atoms with Crippen LogP contribution in [0.15, 0.2) is 12.4 Å². The Kier molecular flexibility index (Phi) is 2.94. The molecule has 0 saturated carbocycles. The number of fused-ring (bicyclic) bond motifs is 1. The van der Waals surface area contributed by atoms with Gasteiger partial charge in [-0.1, -0.05) is 0 Å². The van der Waals surface area contributed by atoms with Crippen LogP contribution < -0.4 is 5.73 Å². The van der Waals surface area contributed by atoms with Crippen LogP contribution in [0.3, 0.4) is 0 Å². The molecular weight excluding hydrogens is 240 g/mol. The first kappa shape index (κ1) is 12.1. The molecule has 3 heterocycles. The summed E-state index contributed by atoms with van der Waals surface area (Å²) in [5, 5.41) is 4.38. The van der Waals surface area contributed by atoms with E-state index in [1.807, 2.05) is 17.9 Å². The third-order valence-electron chi connectivity index (χ3n) is 3.54. The first-order valence-corrected chi connectivity index (χ1v) is 6.43. The van der Waals surface area contributed by atoms with E-state index in [4.69, 9.17) is 5.73 Å². The van der Waals surface area contributed by atoms with Gasteiger partial charge in [0, 0.05) is 56.6 Å². The lowest BCUT2D eigenvalue weighted by atomic mass is 10.1. The Hall–Kier alpha value is -1.95. The number of nitrogen functional groups attached to an aromatic ring is 1. The fraction of sp³-hybridized carbons (Fsp3) is 0.462. The van der Waals surface area contributed by atoms with Crippen molar-refractivity contribution < 1.29 is 0 Å². The predicted molar refractivity (Wildman–Crippen MR) is 72.2 cm³/mol. The van der Waals surface area contributed by atoms with Gasteiger partial charge in [0.2, 0.25) is 5.95 Å². The number of aryl methyl sites for hydroxylation is 2. The van der Waals surface area contributed by atoms with E-state index < -0.39 is 0 Å². The van der Waals surface area contributed by atoms with Crippen molar-refractivity contribution in [2.45, 2.75) is 26.4 Å². The van der Waals surface area contributed by atoms with Crippen LogP contribution in [0, 0.1) is 6.92 Å².